The highest BCUT2D eigenvalue weighted by molar-refractivity contribution is 5.95. The summed E-state index contributed by atoms with van der Waals surface area (Å²) >= 11 is 0. The van der Waals surface area contributed by atoms with E-state index in [-0.39, 0.29) is 5.69 Å². The second-order valence-electron chi connectivity index (χ2n) is 4.36. The van der Waals surface area contributed by atoms with Crippen LogP contribution < -0.4 is 0 Å². The van der Waals surface area contributed by atoms with Gasteiger partial charge in [0.15, 0.2) is 0 Å². The number of hydrogen-bond donors (Lipinski definition) is 2. The van der Waals surface area contributed by atoms with Gasteiger partial charge in [-0.15, -0.1) is 0 Å². The highest BCUT2D eigenvalue weighted by Crippen LogP contribution is 2.29. The van der Waals surface area contributed by atoms with E-state index in [1.54, 1.807) is 6.07 Å². The second-order valence-corrected chi connectivity index (χ2v) is 4.36. The maximum Gasteiger partial charge on any atom is 0.352 e. The summed E-state index contributed by atoms with van der Waals surface area (Å²) in [5, 5.41) is 9.97. The summed E-state index contributed by atoms with van der Waals surface area (Å²) in [5.74, 6) is -0.888. The highest BCUT2D eigenvalue weighted by atomic mass is 16.4. The van der Waals surface area contributed by atoms with Gasteiger partial charge in [-0.3, -0.25) is 0 Å². The van der Waals surface area contributed by atoms with Crippen LogP contribution in [0.3, 0.4) is 0 Å². The molecule has 3 rings (SSSR count). The van der Waals surface area contributed by atoms with E-state index >= 15 is 0 Å². The van der Waals surface area contributed by atoms with Crippen molar-refractivity contribution in [3.63, 3.8) is 0 Å². The van der Waals surface area contributed by atoms with Crippen molar-refractivity contribution in [2.45, 2.75) is 25.7 Å². The lowest BCUT2D eigenvalue weighted by Crippen LogP contribution is -2.03. The number of aromatic carboxylic acids is 1. The van der Waals surface area contributed by atoms with Crippen LogP contribution in [0.15, 0.2) is 18.2 Å². The first-order chi connectivity index (χ1) is 7.75. The van der Waals surface area contributed by atoms with Crippen molar-refractivity contribution >= 4 is 16.9 Å². The van der Waals surface area contributed by atoms with Crippen LogP contribution >= 0.6 is 0 Å². The molecule has 0 spiro atoms. The van der Waals surface area contributed by atoms with Gasteiger partial charge in [-0.05, 0) is 42.9 Å². The molecule has 0 saturated carbocycles. The monoisotopic (exact) mass is 215 g/mol. The first-order valence-corrected chi connectivity index (χ1v) is 5.62. The van der Waals surface area contributed by atoms with Gasteiger partial charge in [0.2, 0.25) is 0 Å². The van der Waals surface area contributed by atoms with Crippen molar-refractivity contribution in [3.05, 3.63) is 35.0 Å². The molecule has 82 valence electrons. The smallest absolute Gasteiger partial charge is 0.352 e. The van der Waals surface area contributed by atoms with Gasteiger partial charge in [-0.2, -0.15) is 0 Å². The van der Waals surface area contributed by atoms with E-state index in [4.69, 9.17) is 5.11 Å². The summed E-state index contributed by atoms with van der Waals surface area (Å²) < 4.78 is 0. The molecule has 0 saturated heterocycles. The zero-order valence-corrected chi connectivity index (χ0v) is 8.92. The molecule has 0 radical (unpaired) electrons. The lowest BCUT2D eigenvalue weighted by Gasteiger charge is -2.15. The first-order valence-electron chi connectivity index (χ1n) is 5.62. The van der Waals surface area contributed by atoms with Crippen molar-refractivity contribution in [2.75, 3.05) is 0 Å². The zero-order valence-electron chi connectivity index (χ0n) is 8.92. The largest absolute Gasteiger partial charge is 0.477 e. The van der Waals surface area contributed by atoms with E-state index < -0.39 is 5.97 Å². The number of aromatic amines is 1. The van der Waals surface area contributed by atoms with Crippen molar-refractivity contribution in [1.82, 2.24) is 4.98 Å². The number of aryl methyl sites for hydroxylation is 2. The first kappa shape index (κ1) is 9.46. The Kier molecular flexibility index (Phi) is 1.99. The molecule has 0 bridgehead atoms. The lowest BCUT2D eigenvalue weighted by molar-refractivity contribution is 0.0691. The minimum absolute atomic E-state index is 0.286. The number of carboxylic acid groups (broad SMARTS) is 1. The fourth-order valence-electron chi connectivity index (χ4n) is 2.56. The summed E-state index contributed by atoms with van der Waals surface area (Å²) in [5.41, 5.74) is 4.00. The molecule has 0 fully saturated rings. The molecule has 1 aromatic heterocycles. The Hall–Kier alpha value is -1.77. The van der Waals surface area contributed by atoms with Crippen LogP contribution in [0, 0.1) is 0 Å². The predicted molar refractivity (Wildman–Crippen MR) is 61.9 cm³/mol. The van der Waals surface area contributed by atoms with Gasteiger partial charge in [0.1, 0.15) is 5.69 Å². The maximum atomic E-state index is 10.9. The molecule has 3 heteroatoms. The fourth-order valence-corrected chi connectivity index (χ4v) is 2.56. The van der Waals surface area contributed by atoms with Crippen LogP contribution in [0.4, 0.5) is 0 Å². The Bertz CT molecular complexity index is 569. The molecule has 2 aromatic rings. The molecule has 0 amide bonds. The molecule has 1 aliphatic rings. The third kappa shape index (κ3) is 1.32. The Morgan fingerprint density at radius 2 is 2.06 bits per heavy atom. The standard InChI is InChI=1S/C13H13NO2/c15-13(16)11-7-9-6-5-8-3-1-2-4-10(8)12(9)14-11/h5-7,14H,1-4H2,(H,15,16). The number of aromatic nitrogens is 1. The third-order valence-corrected chi connectivity index (χ3v) is 3.35. The van der Waals surface area contributed by atoms with Crippen LogP contribution in [0.2, 0.25) is 0 Å². The van der Waals surface area contributed by atoms with Gasteiger partial charge in [-0.1, -0.05) is 12.1 Å². The Morgan fingerprint density at radius 1 is 1.25 bits per heavy atom. The predicted octanol–water partition coefficient (Wildman–Crippen LogP) is 2.74. The second kappa shape index (κ2) is 3.37. The molecular formula is C13H13NO2. The zero-order chi connectivity index (χ0) is 11.1. The van der Waals surface area contributed by atoms with Crippen molar-refractivity contribution in [3.8, 4) is 0 Å². The summed E-state index contributed by atoms with van der Waals surface area (Å²) in [7, 11) is 0. The maximum absolute atomic E-state index is 10.9. The molecular weight excluding hydrogens is 202 g/mol. The van der Waals surface area contributed by atoms with Crippen molar-refractivity contribution < 1.29 is 9.90 Å². The number of carbonyl (C=O) groups is 1. The average Bonchev–Trinajstić information content (AvgIpc) is 2.73. The van der Waals surface area contributed by atoms with Gasteiger partial charge in [0.25, 0.3) is 0 Å². The molecule has 1 heterocycles. The van der Waals surface area contributed by atoms with Crippen LogP contribution in [-0.4, -0.2) is 16.1 Å². The molecule has 0 atom stereocenters. The van der Waals surface area contributed by atoms with Crippen molar-refractivity contribution in [1.29, 1.82) is 0 Å². The van der Waals surface area contributed by atoms with Gasteiger partial charge < -0.3 is 10.1 Å². The van der Waals surface area contributed by atoms with Gasteiger partial charge in [-0.25, -0.2) is 4.79 Å². The number of benzene rings is 1. The molecule has 16 heavy (non-hydrogen) atoms. The van der Waals surface area contributed by atoms with Crippen LogP contribution in [0.25, 0.3) is 10.9 Å². The summed E-state index contributed by atoms with van der Waals surface area (Å²) in [4.78, 5) is 13.9. The molecule has 3 nitrogen and oxygen atoms in total. The summed E-state index contributed by atoms with van der Waals surface area (Å²) in [6.45, 7) is 0. The quantitative estimate of drug-likeness (QED) is 0.768. The minimum atomic E-state index is -0.888. The SMILES string of the molecule is O=C(O)c1cc2ccc3c(c2[nH]1)CCCC3. The normalized spacial score (nSPS) is 15.0. The Balaban J connectivity index is 2.26. The number of H-pyrrole nitrogens is 1. The number of rotatable bonds is 1. The molecule has 0 aliphatic heterocycles. The number of nitrogens with one attached hydrogen (secondary N) is 1. The van der Waals surface area contributed by atoms with E-state index in [2.05, 4.69) is 11.1 Å². The van der Waals surface area contributed by atoms with E-state index in [1.165, 1.54) is 24.0 Å². The van der Waals surface area contributed by atoms with Crippen molar-refractivity contribution in [2.24, 2.45) is 0 Å². The Morgan fingerprint density at radius 3 is 2.88 bits per heavy atom. The van der Waals surface area contributed by atoms with E-state index in [9.17, 15) is 4.79 Å². The van der Waals surface area contributed by atoms with E-state index in [0.29, 0.717) is 0 Å². The van der Waals surface area contributed by atoms with Gasteiger partial charge in [0.05, 0.1) is 0 Å². The summed E-state index contributed by atoms with van der Waals surface area (Å²) in [6, 6.07) is 5.87. The molecule has 2 N–H and O–H groups in total. The van der Waals surface area contributed by atoms with E-state index in [0.717, 1.165) is 23.7 Å². The fraction of sp³-hybridized carbons (Fsp3) is 0.308. The molecule has 1 aliphatic carbocycles. The van der Waals surface area contributed by atoms with Crippen LogP contribution in [0.5, 0.6) is 0 Å². The summed E-state index contributed by atoms with van der Waals surface area (Å²) in [6.07, 6.45) is 4.62. The lowest BCUT2D eigenvalue weighted by atomic mass is 9.90. The topological polar surface area (TPSA) is 53.1 Å². The number of hydrogen-bond acceptors (Lipinski definition) is 1. The van der Waals surface area contributed by atoms with Gasteiger partial charge >= 0.3 is 5.97 Å². The average molecular weight is 215 g/mol. The van der Waals surface area contributed by atoms with E-state index in [1.807, 2.05) is 6.07 Å². The van der Waals surface area contributed by atoms with Gasteiger partial charge in [0, 0.05) is 10.9 Å². The molecule has 0 unspecified atom stereocenters. The number of fused-ring (bicyclic) bond motifs is 3. The molecule has 1 aromatic carbocycles. The van der Waals surface area contributed by atoms with Crippen LogP contribution in [-0.2, 0) is 12.8 Å². The van der Waals surface area contributed by atoms with Crippen LogP contribution in [0.1, 0.15) is 34.5 Å². The Labute approximate surface area is 93.1 Å². The minimum Gasteiger partial charge on any atom is -0.477 e. The number of carboxylic acids is 1. The third-order valence-electron chi connectivity index (χ3n) is 3.35. The highest BCUT2D eigenvalue weighted by Gasteiger charge is 2.15.